The fraction of sp³-hybridized carbons (Fsp3) is 0.700. The van der Waals surface area contributed by atoms with Crippen LogP contribution in [-0.2, 0) is 25.8 Å². The molecule has 2 unspecified atom stereocenters. The number of hydrogen-bond donors (Lipinski definition) is 2. The molecule has 152 valence electrons. The van der Waals surface area contributed by atoms with Crippen LogP contribution in [0.4, 0.5) is 0 Å². The zero-order valence-electron chi connectivity index (χ0n) is 17.4. The molecule has 0 radical (unpaired) electrons. The molecular weight excluding hydrogens is 352 g/mol. The summed E-state index contributed by atoms with van der Waals surface area (Å²) in [6, 6.07) is 0.795. The second kappa shape index (κ2) is 7.93. The third-order valence-corrected chi connectivity index (χ3v) is 5.98. The molecule has 1 aliphatic heterocycles. The Labute approximate surface area is 166 Å². The van der Waals surface area contributed by atoms with Crippen molar-refractivity contribution in [2.45, 2.75) is 71.5 Å². The van der Waals surface area contributed by atoms with Crippen LogP contribution < -0.4 is 10.6 Å². The normalized spacial score (nSPS) is 22.1. The number of aromatic nitrogens is 5. The van der Waals surface area contributed by atoms with Crippen LogP contribution in [0.1, 0.15) is 55.6 Å². The molecule has 2 aliphatic rings. The average Bonchev–Trinajstić information content (AvgIpc) is 3.28. The number of aliphatic imine (C=N–C) groups is 1. The van der Waals surface area contributed by atoms with Gasteiger partial charge in [0.25, 0.3) is 0 Å². The molecule has 1 aliphatic carbocycles. The number of hydrogen-bond acceptors (Lipinski definition) is 4. The molecule has 2 atom stereocenters. The van der Waals surface area contributed by atoms with E-state index in [1.54, 1.807) is 0 Å². The number of rotatable bonds is 4. The second-order valence-corrected chi connectivity index (χ2v) is 8.39. The van der Waals surface area contributed by atoms with E-state index in [1.165, 1.54) is 11.3 Å². The maximum atomic E-state index is 4.78. The number of aryl methyl sites for hydroxylation is 3. The minimum atomic E-state index is 0.382. The lowest BCUT2D eigenvalue weighted by molar-refractivity contribution is 0.357. The molecular formula is C20H32N8. The van der Waals surface area contributed by atoms with Crippen molar-refractivity contribution in [3.8, 4) is 0 Å². The van der Waals surface area contributed by atoms with E-state index in [9.17, 15) is 0 Å². The van der Waals surface area contributed by atoms with Crippen LogP contribution in [0.25, 0.3) is 0 Å². The highest BCUT2D eigenvalue weighted by Gasteiger charge is 2.24. The summed E-state index contributed by atoms with van der Waals surface area (Å²) in [5, 5.41) is 20.4. The van der Waals surface area contributed by atoms with Crippen LogP contribution in [-0.4, -0.2) is 50.1 Å². The van der Waals surface area contributed by atoms with Crippen molar-refractivity contribution >= 4 is 5.96 Å². The Kier molecular flexibility index (Phi) is 5.37. The summed E-state index contributed by atoms with van der Waals surface area (Å²) in [6.07, 6.45) is 7.51. The van der Waals surface area contributed by atoms with E-state index < -0.39 is 0 Å². The minimum absolute atomic E-state index is 0.382. The van der Waals surface area contributed by atoms with Crippen molar-refractivity contribution in [1.29, 1.82) is 0 Å². The van der Waals surface area contributed by atoms with Crippen molar-refractivity contribution in [3.05, 3.63) is 29.1 Å². The fourth-order valence-electron chi connectivity index (χ4n) is 4.23. The lowest BCUT2D eigenvalue weighted by Gasteiger charge is -2.27. The van der Waals surface area contributed by atoms with Crippen molar-refractivity contribution in [2.24, 2.45) is 10.9 Å². The summed E-state index contributed by atoms with van der Waals surface area (Å²) in [4.78, 5) is 4.45. The summed E-state index contributed by atoms with van der Waals surface area (Å²) in [5.74, 6) is 3.60. The van der Waals surface area contributed by atoms with E-state index in [1.807, 2.05) is 14.0 Å². The van der Waals surface area contributed by atoms with Crippen LogP contribution in [0, 0.1) is 12.8 Å². The van der Waals surface area contributed by atoms with Crippen molar-refractivity contribution in [3.63, 3.8) is 0 Å². The van der Waals surface area contributed by atoms with Gasteiger partial charge in [-0.2, -0.15) is 5.10 Å². The first-order chi connectivity index (χ1) is 13.5. The van der Waals surface area contributed by atoms with E-state index in [0.29, 0.717) is 18.0 Å². The molecule has 0 aromatic carbocycles. The summed E-state index contributed by atoms with van der Waals surface area (Å²) >= 11 is 0. The molecule has 28 heavy (non-hydrogen) atoms. The van der Waals surface area contributed by atoms with Crippen LogP contribution in [0.15, 0.2) is 11.2 Å². The first-order valence-electron chi connectivity index (χ1n) is 10.5. The third kappa shape index (κ3) is 3.91. The van der Waals surface area contributed by atoms with Gasteiger partial charge in [-0.25, -0.2) is 0 Å². The summed E-state index contributed by atoms with van der Waals surface area (Å²) in [5.41, 5.74) is 2.63. The van der Waals surface area contributed by atoms with Gasteiger partial charge >= 0.3 is 0 Å². The topological polar surface area (TPSA) is 85.0 Å². The van der Waals surface area contributed by atoms with E-state index in [-0.39, 0.29) is 0 Å². The number of guanidine groups is 1. The van der Waals surface area contributed by atoms with Crippen molar-refractivity contribution in [1.82, 2.24) is 35.2 Å². The average molecular weight is 385 g/mol. The zero-order chi connectivity index (χ0) is 19.7. The van der Waals surface area contributed by atoms with Gasteiger partial charge in [-0.15, -0.1) is 10.2 Å². The molecule has 0 fully saturated rings. The Morgan fingerprint density at radius 1 is 1.29 bits per heavy atom. The number of fused-ring (bicyclic) bond motifs is 2. The largest absolute Gasteiger partial charge is 0.356 e. The fourth-order valence-corrected chi connectivity index (χ4v) is 4.23. The van der Waals surface area contributed by atoms with Gasteiger partial charge in [0.15, 0.2) is 5.96 Å². The first-order valence-corrected chi connectivity index (χ1v) is 10.5. The van der Waals surface area contributed by atoms with Gasteiger partial charge in [-0.1, -0.05) is 0 Å². The molecule has 8 nitrogen and oxygen atoms in total. The second-order valence-electron chi connectivity index (χ2n) is 8.39. The molecule has 0 bridgehead atoms. The molecule has 0 saturated heterocycles. The molecule has 2 aromatic heterocycles. The molecule has 4 rings (SSSR count). The molecule has 8 heteroatoms. The smallest absolute Gasteiger partial charge is 0.191 e. The Morgan fingerprint density at radius 2 is 2.14 bits per heavy atom. The van der Waals surface area contributed by atoms with Gasteiger partial charge in [-0.05, 0) is 51.5 Å². The Balaban J connectivity index is 1.30. The van der Waals surface area contributed by atoms with Crippen LogP contribution in [0.2, 0.25) is 0 Å². The highest BCUT2D eigenvalue weighted by atomic mass is 15.3. The highest BCUT2D eigenvalue weighted by Crippen LogP contribution is 2.22. The maximum absolute atomic E-state index is 4.78. The van der Waals surface area contributed by atoms with Crippen LogP contribution >= 0.6 is 0 Å². The zero-order valence-corrected chi connectivity index (χ0v) is 17.4. The van der Waals surface area contributed by atoms with Gasteiger partial charge in [0.05, 0.1) is 5.69 Å². The van der Waals surface area contributed by atoms with Crippen molar-refractivity contribution in [2.75, 3.05) is 13.6 Å². The van der Waals surface area contributed by atoms with E-state index in [2.05, 4.69) is 55.1 Å². The van der Waals surface area contributed by atoms with Gasteiger partial charge in [0.1, 0.15) is 11.6 Å². The highest BCUT2D eigenvalue weighted by molar-refractivity contribution is 5.80. The van der Waals surface area contributed by atoms with E-state index in [0.717, 1.165) is 62.8 Å². The molecule has 0 spiro atoms. The van der Waals surface area contributed by atoms with Crippen LogP contribution in [0.3, 0.4) is 0 Å². The van der Waals surface area contributed by atoms with E-state index in [4.69, 9.17) is 5.10 Å². The Hall–Kier alpha value is -2.38. The SMILES string of the molecule is CN=C(NCC1CCc2nnc(C)n2C1)NC1CCc2cn(C(C)C)nc2C1. The summed E-state index contributed by atoms with van der Waals surface area (Å²) in [6.45, 7) is 8.28. The third-order valence-electron chi connectivity index (χ3n) is 5.98. The van der Waals surface area contributed by atoms with Gasteiger partial charge in [0, 0.05) is 51.3 Å². The van der Waals surface area contributed by atoms with Crippen LogP contribution in [0.5, 0.6) is 0 Å². The number of nitrogens with zero attached hydrogens (tertiary/aromatic N) is 6. The minimum Gasteiger partial charge on any atom is -0.356 e. The Bertz CT molecular complexity index is 847. The molecule has 0 saturated carbocycles. The molecule has 2 N–H and O–H groups in total. The lowest BCUT2D eigenvalue weighted by Crippen LogP contribution is -2.47. The summed E-state index contributed by atoms with van der Waals surface area (Å²) in [7, 11) is 1.85. The monoisotopic (exact) mass is 384 g/mol. The van der Waals surface area contributed by atoms with Gasteiger partial charge in [0.2, 0.25) is 0 Å². The first kappa shape index (κ1) is 19.0. The predicted octanol–water partition coefficient (Wildman–Crippen LogP) is 1.65. The summed E-state index contributed by atoms with van der Waals surface area (Å²) < 4.78 is 4.34. The molecule has 3 heterocycles. The van der Waals surface area contributed by atoms with Crippen molar-refractivity contribution < 1.29 is 0 Å². The van der Waals surface area contributed by atoms with Gasteiger partial charge in [-0.3, -0.25) is 9.67 Å². The Morgan fingerprint density at radius 3 is 2.93 bits per heavy atom. The van der Waals surface area contributed by atoms with E-state index >= 15 is 0 Å². The number of nitrogens with one attached hydrogen (secondary N) is 2. The molecule has 2 aromatic rings. The quantitative estimate of drug-likeness (QED) is 0.618. The standard InChI is InChI=1S/C20H32N8/c1-13(2)28-12-16-6-7-17(9-18(16)26-28)23-20(21-4)22-10-15-5-8-19-25-24-14(3)27(19)11-15/h12-13,15,17H,5-11H2,1-4H3,(H2,21,22,23). The molecule has 0 amide bonds. The van der Waals surface area contributed by atoms with Gasteiger partial charge < -0.3 is 15.2 Å². The maximum Gasteiger partial charge on any atom is 0.191 e. The predicted molar refractivity (Wildman–Crippen MR) is 109 cm³/mol. The lowest BCUT2D eigenvalue weighted by atomic mass is 9.94.